The minimum Gasteiger partial charge on any atom is -0.462 e. The molecule has 0 bridgehead atoms. The summed E-state index contributed by atoms with van der Waals surface area (Å²) in [5.74, 6) is -0.499. The Morgan fingerprint density at radius 2 is 1.62 bits per heavy atom. The van der Waals surface area contributed by atoms with Gasteiger partial charge in [-0.15, -0.1) is 5.73 Å². The van der Waals surface area contributed by atoms with Crippen LogP contribution in [0.4, 0.5) is 0 Å². The average molecular weight is 319 g/mol. The van der Waals surface area contributed by atoms with Gasteiger partial charge in [-0.25, -0.2) is 4.79 Å². The Kier molecular flexibility index (Phi) is 5.96. The highest BCUT2D eigenvalue weighted by Crippen LogP contribution is 2.34. The lowest BCUT2D eigenvalue weighted by atomic mass is 9.86. The molecule has 4 nitrogen and oxygen atoms in total. The van der Waals surface area contributed by atoms with Crippen molar-refractivity contribution in [2.45, 2.75) is 12.5 Å². The molecule has 0 aliphatic heterocycles. The van der Waals surface area contributed by atoms with Gasteiger partial charge in [0.15, 0.2) is 5.60 Å². The van der Waals surface area contributed by atoms with Crippen molar-refractivity contribution < 1.29 is 14.3 Å². The monoisotopic (exact) mass is 319 g/mol. The van der Waals surface area contributed by atoms with Gasteiger partial charge in [-0.05, 0) is 6.92 Å². The fraction of sp³-hybridized carbons (Fsp3) is 0.150. The number of carbonyl (C=O) groups is 1. The van der Waals surface area contributed by atoms with Crippen molar-refractivity contribution in [2.24, 2.45) is 0 Å². The topological polar surface area (TPSA) is 59.3 Å². The molecule has 0 aliphatic carbocycles. The number of ether oxygens (including phenoxy) is 2. The van der Waals surface area contributed by atoms with Crippen molar-refractivity contribution in [3.63, 3.8) is 0 Å². The normalized spacial score (nSPS) is 10.0. The van der Waals surface area contributed by atoms with E-state index in [0.29, 0.717) is 0 Å². The molecule has 0 radical (unpaired) electrons. The number of benzene rings is 2. The van der Waals surface area contributed by atoms with E-state index in [1.807, 2.05) is 60.7 Å². The molecule has 0 aromatic heterocycles. The zero-order valence-corrected chi connectivity index (χ0v) is 13.3. The molecule has 0 N–H and O–H groups in total. The van der Waals surface area contributed by atoms with E-state index in [1.165, 1.54) is 6.08 Å². The number of hydrogen-bond donors (Lipinski definition) is 0. The molecule has 0 aliphatic rings. The van der Waals surface area contributed by atoms with Crippen LogP contribution < -0.4 is 0 Å². The molecule has 2 rings (SSSR count). The average Bonchev–Trinajstić information content (AvgIpc) is 2.63. The SMILES string of the molecule is CCOC(=O)C=C=CC(OC#N)(c1ccccc1)c1ccccc1. The van der Waals surface area contributed by atoms with Crippen molar-refractivity contribution in [1.82, 2.24) is 0 Å². The van der Waals surface area contributed by atoms with Crippen molar-refractivity contribution >= 4 is 5.97 Å². The minimum atomic E-state index is -1.17. The van der Waals surface area contributed by atoms with Gasteiger partial charge in [0.2, 0.25) is 0 Å². The number of nitrogens with zero attached hydrogens (tertiary/aromatic N) is 1. The third-order valence-corrected chi connectivity index (χ3v) is 3.39. The van der Waals surface area contributed by atoms with Gasteiger partial charge in [-0.3, -0.25) is 0 Å². The fourth-order valence-corrected chi connectivity index (χ4v) is 2.34. The largest absolute Gasteiger partial charge is 0.462 e. The second-order valence-corrected chi connectivity index (χ2v) is 4.87. The molecule has 120 valence electrons. The maximum atomic E-state index is 11.5. The molecule has 0 amide bonds. The molecule has 0 atom stereocenters. The van der Waals surface area contributed by atoms with Crippen molar-refractivity contribution in [1.29, 1.82) is 5.26 Å². The predicted molar refractivity (Wildman–Crippen MR) is 89.6 cm³/mol. The van der Waals surface area contributed by atoms with Crippen LogP contribution >= 0.6 is 0 Å². The first-order chi connectivity index (χ1) is 11.7. The summed E-state index contributed by atoms with van der Waals surface area (Å²) in [6.45, 7) is 2.01. The number of nitriles is 1. The highest BCUT2D eigenvalue weighted by atomic mass is 16.5. The second-order valence-electron chi connectivity index (χ2n) is 4.87. The van der Waals surface area contributed by atoms with E-state index in [4.69, 9.17) is 9.47 Å². The van der Waals surface area contributed by atoms with E-state index in [0.717, 1.165) is 11.1 Å². The van der Waals surface area contributed by atoms with Crippen LogP contribution in [0.3, 0.4) is 0 Å². The number of carbonyl (C=O) groups excluding carboxylic acids is 1. The summed E-state index contributed by atoms with van der Waals surface area (Å²) in [6, 6.07) is 18.6. The Morgan fingerprint density at radius 3 is 2.08 bits per heavy atom. The number of rotatable bonds is 6. The van der Waals surface area contributed by atoms with Crippen LogP contribution in [0, 0.1) is 11.5 Å². The van der Waals surface area contributed by atoms with Crippen LogP contribution in [-0.2, 0) is 19.9 Å². The van der Waals surface area contributed by atoms with E-state index in [2.05, 4.69) is 5.73 Å². The van der Waals surface area contributed by atoms with E-state index < -0.39 is 11.6 Å². The molecule has 0 saturated carbocycles. The molecular formula is C20H17NO3. The molecule has 0 fully saturated rings. The Morgan fingerprint density at radius 1 is 1.08 bits per heavy atom. The summed E-state index contributed by atoms with van der Waals surface area (Å²) in [6.07, 6.45) is 4.51. The van der Waals surface area contributed by atoms with Gasteiger partial charge in [0.1, 0.15) is 0 Å². The summed E-state index contributed by atoms with van der Waals surface area (Å²) in [5.41, 5.74) is 3.13. The molecule has 4 heteroatoms. The van der Waals surface area contributed by atoms with Crippen LogP contribution in [0.5, 0.6) is 0 Å². The first-order valence-corrected chi connectivity index (χ1v) is 7.51. The molecule has 0 saturated heterocycles. The first-order valence-electron chi connectivity index (χ1n) is 7.51. The molecule has 0 spiro atoms. The highest BCUT2D eigenvalue weighted by Gasteiger charge is 2.34. The van der Waals surface area contributed by atoms with Crippen LogP contribution in [-0.4, -0.2) is 12.6 Å². The summed E-state index contributed by atoms with van der Waals surface area (Å²) in [4.78, 5) is 11.5. The maximum Gasteiger partial charge on any atom is 0.338 e. The fourth-order valence-electron chi connectivity index (χ4n) is 2.34. The Balaban J connectivity index is 2.58. The number of esters is 1. The van der Waals surface area contributed by atoms with Gasteiger partial charge in [0.05, 0.1) is 12.7 Å². The predicted octanol–water partition coefficient (Wildman–Crippen LogP) is 3.70. The summed E-state index contributed by atoms with van der Waals surface area (Å²) < 4.78 is 10.3. The maximum absolute atomic E-state index is 11.5. The Hall–Kier alpha value is -3.28. The van der Waals surface area contributed by atoms with Crippen LogP contribution in [0.2, 0.25) is 0 Å². The Bertz CT molecular complexity index is 730. The molecule has 2 aromatic carbocycles. The molecule has 0 heterocycles. The zero-order chi connectivity index (χ0) is 17.3. The highest BCUT2D eigenvalue weighted by molar-refractivity contribution is 5.81. The van der Waals surface area contributed by atoms with Crippen molar-refractivity contribution in [2.75, 3.05) is 6.61 Å². The minimum absolute atomic E-state index is 0.286. The standard InChI is InChI=1S/C20H17NO3/c1-2-23-19(22)14-9-15-20(24-16-21,17-10-5-3-6-11-17)18-12-7-4-8-13-18/h3-8,10-15H,2H2,1H3. The smallest absolute Gasteiger partial charge is 0.338 e. The molecular weight excluding hydrogens is 302 g/mol. The van der Waals surface area contributed by atoms with Gasteiger partial charge < -0.3 is 9.47 Å². The first kappa shape index (κ1) is 17.1. The van der Waals surface area contributed by atoms with Crippen LogP contribution in [0.25, 0.3) is 0 Å². The number of hydrogen-bond acceptors (Lipinski definition) is 4. The van der Waals surface area contributed by atoms with Gasteiger partial charge in [0.25, 0.3) is 6.26 Å². The van der Waals surface area contributed by atoms with E-state index in [9.17, 15) is 10.1 Å². The lowest BCUT2D eigenvalue weighted by Gasteiger charge is -2.28. The summed E-state index contributed by atoms with van der Waals surface area (Å²) in [7, 11) is 0. The summed E-state index contributed by atoms with van der Waals surface area (Å²) >= 11 is 0. The van der Waals surface area contributed by atoms with Gasteiger partial charge in [-0.2, -0.15) is 5.26 Å². The van der Waals surface area contributed by atoms with Crippen molar-refractivity contribution in [3.05, 3.63) is 89.7 Å². The third kappa shape index (κ3) is 3.92. The van der Waals surface area contributed by atoms with E-state index >= 15 is 0 Å². The van der Waals surface area contributed by atoms with Crippen LogP contribution in [0.1, 0.15) is 18.1 Å². The van der Waals surface area contributed by atoms with Gasteiger partial charge in [0, 0.05) is 17.2 Å². The second kappa shape index (κ2) is 8.38. The quantitative estimate of drug-likeness (QED) is 0.352. The Labute approximate surface area is 141 Å². The van der Waals surface area contributed by atoms with E-state index in [1.54, 1.807) is 19.3 Å². The third-order valence-electron chi connectivity index (χ3n) is 3.39. The van der Waals surface area contributed by atoms with Crippen molar-refractivity contribution in [3.8, 4) is 6.26 Å². The zero-order valence-electron chi connectivity index (χ0n) is 13.3. The van der Waals surface area contributed by atoms with Gasteiger partial charge in [-0.1, -0.05) is 60.7 Å². The van der Waals surface area contributed by atoms with Crippen LogP contribution in [0.15, 0.2) is 78.5 Å². The van der Waals surface area contributed by atoms with E-state index in [-0.39, 0.29) is 6.61 Å². The lowest BCUT2D eigenvalue weighted by molar-refractivity contribution is -0.137. The lowest BCUT2D eigenvalue weighted by Crippen LogP contribution is -2.27. The molecule has 0 unspecified atom stereocenters. The molecule has 2 aromatic rings. The van der Waals surface area contributed by atoms with Gasteiger partial charge >= 0.3 is 5.97 Å². The molecule has 24 heavy (non-hydrogen) atoms. The summed E-state index contributed by atoms with van der Waals surface area (Å²) in [5, 5.41) is 9.20.